The summed E-state index contributed by atoms with van der Waals surface area (Å²) in [6.07, 6.45) is 0.861. The van der Waals surface area contributed by atoms with Crippen LogP contribution in [0.4, 0.5) is 0 Å². The average Bonchev–Trinajstić information content (AvgIpc) is 3.12. The van der Waals surface area contributed by atoms with Gasteiger partial charge in [-0.25, -0.2) is 0 Å². The fourth-order valence-corrected chi connectivity index (χ4v) is 2.75. The fourth-order valence-electron chi connectivity index (χ4n) is 2.75. The van der Waals surface area contributed by atoms with Gasteiger partial charge in [0.05, 0.1) is 31.1 Å². The van der Waals surface area contributed by atoms with E-state index < -0.39 is 6.10 Å². The van der Waals surface area contributed by atoms with Gasteiger partial charge in [0.15, 0.2) is 0 Å². The lowest BCUT2D eigenvalue weighted by atomic mass is 10.2. The van der Waals surface area contributed by atoms with Gasteiger partial charge in [-0.1, -0.05) is 0 Å². The van der Waals surface area contributed by atoms with Crippen molar-refractivity contribution in [1.82, 2.24) is 29.4 Å². The third kappa shape index (κ3) is 2.90. The molecule has 1 aliphatic heterocycles. The molecule has 8 nitrogen and oxygen atoms in total. The highest BCUT2D eigenvalue weighted by atomic mass is 16.3. The summed E-state index contributed by atoms with van der Waals surface area (Å²) in [7, 11) is 0. The monoisotopic (exact) mass is 306 g/mol. The Morgan fingerprint density at radius 2 is 2.14 bits per heavy atom. The zero-order valence-corrected chi connectivity index (χ0v) is 12.9. The second-order valence-electron chi connectivity index (χ2n) is 5.94. The summed E-state index contributed by atoms with van der Waals surface area (Å²) in [4.78, 5) is 2.29. The lowest BCUT2D eigenvalue weighted by Gasteiger charge is -2.27. The Balaban J connectivity index is 1.71. The summed E-state index contributed by atoms with van der Waals surface area (Å²) in [5.41, 5.74) is 1.58. The second kappa shape index (κ2) is 6.15. The van der Waals surface area contributed by atoms with E-state index in [2.05, 4.69) is 38.6 Å². The number of nitrogens with zero attached hydrogens (tertiary/aromatic N) is 6. The predicted molar refractivity (Wildman–Crippen MR) is 78.8 cm³/mol. The van der Waals surface area contributed by atoms with Crippen molar-refractivity contribution in [2.45, 2.75) is 45.6 Å². The molecule has 0 radical (unpaired) electrons. The molecule has 0 aromatic carbocycles. The van der Waals surface area contributed by atoms with Gasteiger partial charge < -0.3 is 14.8 Å². The molecule has 0 amide bonds. The molecule has 3 heterocycles. The van der Waals surface area contributed by atoms with Crippen LogP contribution in [0.3, 0.4) is 0 Å². The lowest BCUT2D eigenvalue weighted by Crippen LogP contribution is -2.34. The van der Waals surface area contributed by atoms with Crippen LogP contribution in [0.25, 0.3) is 0 Å². The molecular formula is C14H22N6O2. The maximum absolute atomic E-state index is 9.69. The first kappa shape index (κ1) is 15.1. The highest BCUT2D eigenvalue weighted by Gasteiger charge is 2.22. The number of hydrogen-bond acceptors (Lipinski definition) is 6. The zero-order valence-electron chi connectivity index (χ0n) is 12.9. The molecule has 0 spiro atoms. The van der Waals surface area contributed by atoms with E-state index in [-0.39, 0.29) is 6.61 Å². The van der Waals surface area contributed by atoms with Gasteiger partial charge in [-0.2, -0.15) is 5.10 Å². The number of aliphatic hydroxyl groups is 2. The lowest BCUT2D eigenvalue weighted by molar-refractivity contribution is 0.0915. The highest BCUT2D eigenvalue weighted by molar-refractivity contribution is 5.14. The van der Waals surface area contributed by atoms with Crippen LogP contribution in [0.15, 0.2) is 12.4 Å². The molecule has 0 aliphatic carbocycles. The molecule has 3 rings (SSSR count). The Kier molecular flexibility index (Phi) is 4.23. The second-order valence-corrected chi connectivity index (χ2v) is 5.94. The van der Waals surface area contributed by atoms with Crippen molar-refractivity contribution in [3.63, 3.8) is 0 Å². The molecule has 0 fully saturated rings. The maximum Gasteiger partial charge on any atom is 0.147 e. The number of rotatable bonds is 5. The molecule has 2 N–H and O–H groups in total. The number of aliphatic hydroxyl groups excluding tert-OH is 2. The van der Waals surface area contributed by atoms with Crippen molar-refractivity contribution in [3.05, 3.63) is 29.6 Å². The van der Waals surface area contributed by atoms with Gasteiger partial charge in [0.1, 0.15) is 18.3 Å². The Morgan fingerprint density at radius 3 is 2.86 bits per heavy atom. The molecule has 2 aromatic rings. The van der Waals surface area contributed by atoms with Crippen LogP contribution < -0.4 is 0 Å². The number of hydrogen-bond donors (Lipinski definition) is 2. The third-order valence-electron chi connectivity index (χ3n) is 3.98. The SMILES string of the molecule is CC(C)n1cnnc1CN1CCn2nc([C@@H](O)CO)cc2C1. The summed E-state index contributed by atoms with van der Waals surface area (Å²) in [6.45, 7) is 7.04. The minimum absolute atomic E-state index is 0.308. The number of fused-ring (bicyclic) bond motifs is 1. The molecule has 120 valence electrons. The van der Waals surface area contributed by atoms with E-state index in [1.165, 1.54) is 0 Å². The molecule has 0 unspecified atom stereocenters. The van der Waals surface area contributed by atoms with Crippen LogP contribution in [0.2, 0.25) is 0 Å². The Morgan fingerprint density at radius 1 is 1.32 bits per heavy atom. The average molecular weight is 306 g/mol. The van der Waals surface area contributed by atoms with Crippen LogP contribution in [-0.4, -0.2) is 52.8 Å². The van der Waals surface area contributed by atoms with Gasteiger partial charge in [0.2, 0.25) is 0 Å². The highest BCUT2D eigenvalue weighted by Crippen LogP contribution is 2.19. The standard InChI is InChI=1S/C14H22N6O2/c1-10(2)19-9-15-16-14(19)7-18-3-4-20-11(6-18)5-12(17-20)13(22)8-21/h5,9-10,13,21-22H,3-4,6-8H2,1-2H3/t13-/m0/s1. The third-order valence-corrected chi connectivity index (χ3v) is 3.98. The van der Waals surface area contributed by atoms with E-state index in [0.29, 0.717) is 11.7 Å². The first-order valence-corrected chi connectivity index (χ1v) is 7.54. The normalized spacial score (nSPS) is 17.0. The van der Waals surface area contributed by atoms with Gasteiger partial charge in [0, 0.05) is 19.1 Å². The van der Waals surface area contributed by atoms with Crippen LogP contribution in [0.1, 0.15) is 43.2 Å². The molecule has 0 saturated carbocycles. The van der Waals surface area contributed by atoms with E-state index in [1.807, 2.05) is 10.7 Å². The Bertz CT molecular complexity index is 635. The van der Waals surface area contributed by atoms with Gasteiger partial charge in [-0.05, 0) is 19.9 Å². The van der Waals surface area contributed by atoms with Gasteiger partial charge in [0.25, 0.3) is 0 Å². The largest absolute Gasteiger partial charge is 0.393 e. The summed E-state index contributed by atoms with van der Waals surface area (Å²) < 4.78 is 3.98. The van der Waals surface area contributed by atoms with Crippen molar-refractivity contribution in [2.24, 2.45) is 0 Å². The molecule has 8 heteroatoms. The van der Waals surface area contributed by atoms with Gasteiger partial charge >= 0.3 is 0 Å². The van der Waals surface area contributed by atoms with Crippen molar-refractivity contribution >= 4 is 0 Å². The van der Waals surface area contributed by atoms with Crippen molar-refractivity contribution in [1.29, 1.82) is 0 Å². The van der Waals surface area contributed by atoms with Crippen molar-refractivity contribution in [2.75, 3.05) is 13.2 Å². The zero-order chi connectivity index (χ0) is 15.7. The van der Waals surface area contributed by atoms with Crippen LogP contribution in [0.5, 0.6) is 0 Å². The minimum atomic E-state index is -0.907. The van der Waals surface area contributed by atoms with Crippen molar-refractivity contribution < 1.29 is 10.2 Å². The first-order chi connectivity index (χ1) is 10.6. The first-order valence-electron chi connectivity index (χ1n) is 7.54. The molecule has 22 heavy (non-hydrogen) atoms. The van der Waals surface area contributed by atoms with Crippen LogP contribution in [-0.2, 0) is 19.6 Å². The topological polar surface area (TPSA) is 92.2 Å². The Hall–Kier alpha value is -1.77. The summed E-state index contributed by atoms with van der Waals surface area (Å²) >= 11 is 0. The van der Waals surface area contributed by atoms with E-state index in [4.69, 9.17) is 5.11 Å². The van der Waals surface area contributed by atoms with Crippen LogP contribution >= 0.6 is 0 Å². The summed E-state index contributed by atoms with van der Waals surface area (Å²) in [6, 6.07) is 2.20. The molecular weight excluding hydrogens is 284 g/mol. The van der Waals surface area contributed by atoms with Crippen molar-refractivity contribution in [3.8, 4) is 0 Å². The minimum Gasteiger partial charge on any atom is -0.393 e. The summed E-state index contributed by atoms with van der Waals surface area (Å²) in [5.74, 6) is 0.957. The van der Waals surface area contributed by atoms with E-state index in [1.54, 1.807) is 6.33 Å². The molecule has 0 bridgehead atoms. The van der Waals surface area contributed by atoms with Gasteiger partial charge in [-0.3, -0.25) is 9.58 Å². The molecule has 1 atom stereocenters. The smallest absolute Gasteiger partial charge is 0.147 e. The predicted octanol–water partition coefficient (Wildman–Crippen LogP) is 0.0970. The molecule has 1 aliphatic rings. The fraction of sp³-hybridized carbons (Fsp3) is 0.643. The van der Waals surface area contributed by atoms with E-state index in [9.17, 15) is 5.11 Å². The maximum atomic E-state index is 9.69. The molecule has 0 saturated heterocycles. The number of aromatic nitrogens is 5. The van der Waals surface area contributed by atoms with Gasteiger partial charge in [-0.15, -0.1) is 10.2 Å². The quantitative estimate of drug-likeness (QED) is 0.814. The van der Waals surface area contributed by atoms with Crippen LogP contribution in [0, 0.1) is 0 Å². The summed E-state index contributed by atoms with van der Waals surface area (Å²) in [5, 5.41) is 31.3. The van der Waals surface area contributed by atoms with E-state index in [0.717, 1.165) is 37.7 Å². The van der Waals surface area contributed by atoms with E-state index >= 15 is 0 Å². The Labute approximate surface area is 129 Å². The molecule has 2 aromatic heterocycles.